The first-order valence-corrected chi connectivity index (χ1v) is 7.08. The first-order chi connectivity index (χ1) is 6.89. The van der Waals surface area contributed by atoms with Crippen molar-refractivity contribution in [1.82, 2.24) is 5.32 Å². The molecule has 4 nitrogen and oxygen atoms in total. The smallest absolute Gasteiger partial charge is 0.150 e. The van der Waals surface area contributed by atoms with E-state index in [2.05, 4.69) is 25.2 Å². The molecule has 1 rings (SSSR count). The molecule has 0 saturated carbocycles. The molecule has 1 fully saturated rings. The summed E-state index contributed by atoms with van der Waals surface area (Å²) in [6.45, 7) is 4.89. The molecule has 0 bridgehead atoms. The minimum absolute atomic E-state index is 0.131. The lowest BCUT2D eigenvalue weighted by Crippen LogP contribution is -2.50. The molecule has 0 radical (unpaired) electrons. The van der Waals surface area contributed by atoms with Crippen LogP contribution >= 0.6 is 0 Å². The maximum Gasteiger partial charge on any atom is 0.150 e. The first-order valence-electron chi connectivity index (χ1n) is 5.26. The Morgan fingerprint density at radius 2 is 1.93 bits per heavy atom. The second-order valence-electron chi connectivity index (χ2n) is 4.62. The van der Waals surface area contributed by atoms with Crippen LogP contribution in [0.25, 0.3) is 0 Å². The van der Waals surface area contributed by atoms with Gasteiger partial charge in [-0.1, -0.05) is 13.8 Å². The average molecular weight is 230 g/mol. The second kappa shape index (κ2) is 4.50. The number of hydrogen-bond acceptors (Lipinski definition) is 4. The van der Waals surface area contributed by atoms with Gasteiger partial charge in [0.05, 0.1) is 17.6 Å². The van der Waals surface area contributed by atoms with E-state index in [1.165, 1.54) is 0 Å². The Labute approximate surface area is 91.6 Å². The van der Waals surface area contributed by atoms with Crippen LogP contribution in [0.2, 0.25) is 0 Å². The van der Waals surface area contributed by atoms with Gasteiger partial charge in [-0.25, -0.2) is 8.42 Å². The number of nitrogens with one attached hydrogen (secondary N) is 1. The topological polar surface area (TPSA) is 70.0 Å². The molecule has 1 N–H and O–H groups in total. The van der Waals surface area contributed by atoms with Crippen LogP contribution in [-0.2, 0) is 9.84 Å². The lowest BCUT2D eigenvalue weighted by Gasteiger charge is -2.32. The molecule has 0 spiro atoms. The van der Waals surface area contributed by atoms with E-state index in [0.29, 0.717) is 18.8 Å². The molecule has 1 heterocycles. The highest BCUT2D eigenvalue weighted by Crippen LogP contribution is 2.23. The minimum atomic E-state index is -2.89. The van der Waals surface area contributed by atoms with E-state index >= 15 is 0 Å². The van der Waals surface area contributed by atoms with Gasteiger partial charge in [0.2, 0.25) is 0 Å². The van der Waals surface area contributed by atoms with Crippen molar-refractivity contribution in [2.45, 2.75) is 32.2 Å². The SMILES string of the molecule is CC(C)CNC1(C#N)CCS(=O)(=O)CC1. The normalized spacial score (nSPS) is 23.6. The van der Waals surface area contributed by atoms with Crippen molar-refractivity contribution in [2.24, 2.45) is 5.92 Å². The molecule has 0 aliphatic carbocycles. The molecule has 0 aromatic carbocycles. The van der Waals surface area contributed by atoms with Crippen molar-refractivity contribution >= 4 is 9.84 Å². The third-order valence-corrected chi connectivity index (χ3v) is 4.39. The van der Waals surface area contributed by atoms with E-state index in [4.69, 9.17) is 5.26 Å². The quantitative estimate of drug-likeness (QED) is 0.775. The van der Waals surface area contributed by atoms with Gasteiger partial charge in [-0.15, -0.1) is 0 Å². The zero-order chi connectivity index (χ0) is 11.5. The molecule has 0 unspecified atom stereocenters. The summed E-state index contributed by atoms with van der Waals surface area (Å²) >= 11 is 0. The van der Waals surface area contributed by atoms with E-state index in [1.54, 1.807) is 0 Å². The third kappa shape index (κ3) is 3.47. The Balaban J connectivity index is 2.61. The molecule has 1 aliphatic heterocycles. The average Bonchev–Trinajstić information content (AvgIpc) is 2.17. The van der Waals surface area contributed by atoms with Crippen molar-refractivity contribution in [3.63, 3.8) is 0 Å². The van der Waals surface area contributed by atoms with Crippen molar-refractivity contribution < 1.29 is 8.42 Å². The molecule has 0 atom stereocenters. The fraction of sp³-hybridized carbons (Fsp3) is 0.900. The number of sulfone groups is 1. The highest BCUT2D eigenvalue weighted by molar-refractivity contribution is 7.91. The van der Waals surface area contributed by atoms with E-state index in [0.717, 1.165) is 6.54 Å². The van der Waals surface area contributed by atoms with Crippen LogP contribution in [-0.4, -0.2) is 32.0 Å². The van der Waals surface area contributed by atoms with Crippen molar-refractivity contribution in [3.8, 4) is 6.07 Å². The standard InChI is InChI=1S/C10H18N2O2S/c1-9(2)7-12-10(8-11)3-5-15(13,14)6-4-10/h9,12H,3-7H2,1-2H3. The second-order valence-corrected chi connectivity index (χ2v) is 6.92. The van der Waals surface area contributed by atoms with Crippen LogP contribution < -0.4 is 5.32 Å². The summed E-state index contributed by atoms with van der Waals surface area (Å²) in [5.74, 6) is 0.728. The lowest BCUT2D eigenvalue weighted by molar-refractivity contribution is 0.354. The fourth-order valence-corrected chi connectivity index (χ4v) is 3.14. The summed E-state index contributed by atoms with van der Waals surface area (Å²) < 4.78 is 22.5. The van der Waals surface area contributed by atoms with E-state index in [1.807, 2.05) is 0 Å². The highest BCUT2D eigenvalue weighted by Gasteiger charge is 2.37. The zero-order valence-corrected chi connectivity index (χ0v) is 10.1. The molecule has 1 saturated heterocycles. The predicted octanol–water partition coefficient (Wildman–Crippen LogP) is 0.703. The fourth-order valence-electron chi connectivity index (χ4n) is 1.61. The summed E-state index contributed by atoms with van der Waals surface area (Å²) in [5, 5.41) is 12.3. The van der Waals surface area contributed by atoms with Gasteiger partial charge in [-0.2, -0.15) is 5.26 Å². The van der Waals surface area contributed by atoms with Gasteiger partial charge < -0.3 is 0 Å². The molecule has 0 aromatic heterocycles. The number of nitrogens with zero attached hydrogens (tertiary/aromatic N) is 1. The van der Waals surface area contributed by atoms with Gasteiger partial charge in [0.1, 0.15) is 5.54 Å². The Kier molecular flexibility index (Phi) is 3.74. The summed E-state index contributed by atoms with van der Waals surface area (Å²) in [4.78, 5) is 0. The largest absolute Gasteiger partial charge is 0.299 e. The number of nitriles is 1. The number of rotatable bonds is 3. The van der Waals surface area contributed by atoms with E-state index in [-0.39, 0.29) is 11.5 Å². The van der Waals surface area contributed by atoms with Crippen LogP contribution in [0.4, 0.5) is 0 Å². The summed E-state index contributed by atoms with van der Waals surface area (Å²) in [5.41, 5.74) is -0.615. The Morgan fingerprint density at radius 1 is 1.40 bits per heavy atom. The Morgan fingerprint density at radius 3 is 2.33 bits per heavy atom. The Bertz CT molecular complexity index is 340. The van der Waals surface area contributed by atoms with E-state index < -0.39 is 15.4 Å². The third-order valence-electron chi connectivity index (χ3n) is 2.74. The maximum absolute atomic E-state index is 11.3. The maximum atomic E-state index is 11.3. The molecule has 0 aromatic rings. The molecule has 0 amide bonds. The van der Waals surface area contributed by atoms with Gasteiger partial charge in [0, 0.05) is 0 Å². The van der Waals surface area contributed by atoms with Crippen LogP contribution in [0.15, 0.2) is 0 Å². The summed E-state index contributed by atoms with van der Waals surface area (Å²) in [6.07, 6.45) is 0.830. The van der Waals surface area contributed by atoms with Gasteiger partial charge in [0.25, 0.3) is 0 Å². The van der Waals surface area contributed by atoms with Crippen molar-refractivity contribution in [1.29, 1.82) is 5.26 Å². The van der Waals surface area contributed by atoms with Gasteiger partial charge in [0.15, 0.2) is 9.84 Å². The molecule has 86 valence electrons. The highest BCUT2D eigenvalue weighted by atomic mass is 32.2. The lowest BCUT2D eigenvalue weighted by atomic mass is 9.93. The van der Waals surface area contributed by atoms with Crippen LogP contribution in [0.3, 0.4) is 0 Å². The number of hydrogen-bond donors (Lipinski definition) is 1. The van der Waals surface area contributed by atoms with Gasteiger partial charge in [-0.05, 0) is 25.3 Å². The van der Waals surface area contributed by atoms with Gasteiger partial charge >= 0.3 is 0 Å². The van der Waals surface area contributed by atoms with Crippen LogP contribution in [0.5, 0.6) is 0 Å². The Hall–Kier alpha value is -0.600. The van der Waals surface area contributed by atoms with Crippen LogP contribution in [0.1, 0.15) is 26.7 Å². The molecule has 1 aliphatic rings. The monoisotopic (exact) mass is 230 g/mol. The summed E-state index contributed by atoms with van der Waals surface area (Å²) in [6, 6.07) is 2.24. The summed E-state index contributed by atoms with van der Waals surface area (Å²) in [7, 11) is -2.89. The van der Waals surface area contributed by atoms with Crippen molar-refractivity contribution in [3.05, 3.63) is 0 Å². The molecule has 15 heavy (non-hydrogen) atoms. The predicted molar refractivity (Wildman–Crippen MR) is 59.1 cm³/mol. The van der Waals surface area contributed by atoms with Gasteiger partial charge in [-0.3, -0.25) is 5.32 Å². The molecule has 5 heteroatoms. The molecular weight excluding hydrogens is 212 g/mol. The minimum Gasteiger partial charge on any atom is -0.299 e. The zero-order valence-electron chi connectivity index (χ0n) is 9.28. The van der Waals surface area contributed by atoms with Crippen LogP contribution in [0, 0.1) is 17.2 Å². The molecular formula is C10H18N2O2S. The first kappa shape index (κ1) is 12.5. The van der Waals surface area contributed by atoms with E-state index in [9.17, 15) is 8.42 Å². The van der Waals surface area contributed by atoms with Crippen molar-refractivity contribution in [2.75, 3.05) is 18.1 Å².